The first-order valence-corrected chi connectivity index (χ1v) is 7.52. The molecule has 19 heavy (non-hydrogen) atoms. The molecule has 0 radical (unpaired) electrons. The van der Waals surface area contributed by atoms with Crippen LogP contribution in [0.25, 0.3) is 6.20 Å². The molecule has 2 nitrogen and oxygen atoms in total. The van der Waals surface area contributed by atoms with E-state index >= 15 is 0 Å². The van der Waals surface area contributed by atoms with Crippen molar-refractivity contribution in [2.45, 2.75) is 6.17 Å². The van der Waals surface area contributed by atoms with Crippen LogP contribution in [-0.2, 0) is 0 Å². The van der Waals surface area contributed by atoms with E-state index in [1.807, 2.05) is 12.1 Å². The van der Waals surface area contributed by atoms with Crippen molar-refractivity contribution in [3.05, 3.63) is 70.7 Å². The Kier molecular flexibility index (Phi) is 3.65. The van der Waals surface area contributed by atoms with Gasteiger partial charge in [-0.2, -0.15) is 0 Å². The lowest BCUT2D eigenvalue weighted by atomic mass is 10.1. The first-order valence-electron chi connectivity index (χ1n) is 6.40. The summed E-state index contributed by atoms with van der Waals surface area (Å²) in [7, 11) is 0. The molecule has 2 aromatic carbocycles. The van der Waals surface area contributed by atoms with Gasteiger partial charge < -0.3 is 4.90 Å². The second-order valence-corrected chi connectivity index (χ2v) is 5.32. The molecule has 0 saturated heterocycles. The van der Waals surface area contributed by atoms with Crippen LogP contribution in [0, 0.1) is 0 Å². The lowest BCUT2D eigenvalue weighted by Crippen LogP contribution is -2.38. The number of rotatable bonds is 3. The van der Waals surface area contributed by atoms with E-state index in [1.165, 1.54) is 10.8 Å². The van der Waals surface area contributed by atoms with Crippen molar-refractivity contribution in [1.82, 2.24) is 4.90 Å². The standard InChI is InChI=1S/C16H15BrN2/c17-10-11-19-12-14-8-4-5-9-15(14)18-16(19)13-6-2-1-3-7-13/h1-9,12,16H,10-11H2. The quantitative estimate of drug-likeness (QED) is 0.795. The van der Waals surface area contributed by atoms with Crippen LogP contribution in [0.3, 0.4) is 0 Å². The number of fused-ring (bicyclic) bond motifs is 1. The van der Waals surface area contributed by atoms with E-state index in [0.717, 1.165) is 17.2 Å². The van der Waals surface area contributed by atoms with Gasteiger partial charge in [0.2, 0.25) is 0 Å². The molecule has 1 aliphatic rings. The smallest absolute Gasteiger partial charge is 0.147 e. The number of hydrogen-bond acceptors (Lipinski definition) is 2. The van der Waals surface area contributed by atoms with Crippen LogP contribution >= 0.6 is 15.9 Å². The van der Waals surface area contributed by atoms with Gasteiger partial charge in [0.1, 0.15) is 6.17 Å². The molecule has 0 fully saturated rings. The van der Waals surface area contributed by atoms with E-state index in [1.54, 1.807) is 0 Å². The third kappa shape index (κ3) is 2.56. The molecular formula is C16H15BrN2. The van der Waals surface area contributed by atoms with Crippen molar-refractivity contribution < 1.29 is 0 Å². The highest BCUT2D eigenvalue weighted by atomic mass is 79.9. The molecule has 3 rings (SSSR count). The van der Waals surface area contributed by atoms with Crippen molar-refractivity contribution in [2.75, 3.05) is 11.9 Å². The van der Waals surface area contributed by atoms with Crippen molar-refractivity contribution in [3.63, 3.8) is 0 Å². The van der Waals surface area contributed by atoms with E-state index in [4.69, 9.17) is 4.99 Å². The van der Waals surface area contributed by atoms with E-state index < -0.39 is 0 Å². The first-order chi connectivity index (χ1) is 9.38. The number of halogens is 1. The van der Waals surface area contributed by atoms with Crippen LogP contribution in [0.2, 0.25) is 0 Å². The van der Waals surface area contributed by atoms with Crippen molar-refractivity contribution in [1.29, 1.82) is 0 Å². The average Bonchev–Trinajstić information content (AvgIpc) is 2.48. The molecule has 1 atom stereocenters. The van der Waals surface area contributed by atoms with Crippen molar-refractivity contribution in [2.24, 2.45) is 4.99 Å². The van der Waals surface area contributed by atoms with Crippen LogP contribution in [0.4, 0.5) is 0 Å². The third-order valence-corrected chi connectivity index (χ3v) is 3.61. The Bertz CT molecular complexity index is 667. The fourth-order valence-electron chi connectivity index (χ4n) is 2.35. The SMILES string of the molecule is BrCCN1C=c2ccccc2=NC1c1ccccc1. The zero-order valence-electron chi connectivity index (χ0n) is 10.5. The molecule has 0 spiro atoms. The number of para-hydroxylation sites is 1. The Morgan fingerprint density at radius 1 is 1.00 bits per heavy atom. The molecule has 2 aromatic rings. The molecule has 3 heteroatoms. The molecule has 1 heterocycles. The summed E-state index contributed by atoms with van der Waals surface area (Å²) in [5.41, 5.74) is 1.23. The van der Waals surface area contributed by atoms with Gasteiger partial charge in [-0.1, -0.05) is 64.5 Å². The summed E-state index contributed by atoms with van der Waals surface area (Å²) in [6.07, 6.45) is 2.29. The molecule has 0 aliphatic carbocycles. The van der Waals surface area contributed by atoms with Gasteiger partial charge in [0.05, 0.1) is 5.36 Å². The first kappa shape index (κ1) is 12.4. The number of hydrogen-bond donors (Lipinski definition) is 0. The third-order valence-electron chi connectivity index (χ3n) is 3.26. The summed E-state index contributed by atoms with van der Waals surface area (Å²) in [4.78, 5) is 7.17. The Balaban J connectivity index is 2.10. The zero-order chi connectivity index (χ0) is 13.1. The highest BCUT2D eigenvalue weighted by Crippen LogP contribution is 2.23. The molecule has 1 aliphatic heterocycles. The largest absolute Gasteiger partial charge is 0.351 e. The minimum absolute atomic E-state index is 0.0775. The summed E-state index contributed by atoms with van der Waals surface area (Å²) in [5, 5.41) is 3.20. The van der Waals surface area contributed by atoms with Crippen LogP contribution in [-0.4, -0.2) is 16.8 Å². The van der Waals surface area contributed by atoms with Gasteiger partial charge in [-0.15, -0.1) is 0 Å². The topological polar surface area (TPSA) is 15.6 Å². The molecule has 0 aromatic heterocycles. The molecule has 0 N–H and O–H groups in total. The second-order valence-electron chi connectivity index (χ2n) is 4.53. The highest BCUT2D eigenvalue weighted by molar-refractivity contribution is 9.09. The Labute approximate surface area is 121 Å². The van der Waals surface area contributed by atoms with E-state index in [2.05, 4.69) is 69.5 Å². The van der Waals surface area contributed by atoms with E-state index in [0.29, 0.717) is 0 Å². The number of benzene rings is 2. The summed E-state index contributed by atoms with van der Waals surface area (Å²) < 4.78 is 0. The highest BCUT2D eigenvalue weighted by Gasteiger charge is 2.18. The fraction of sp³-hybridized carbons (Fsp3) is 0.188. The summed E-state index contributed by atoms with van der Waals surface area (Å²) in [5.74, 6) is 0. The Hall–Kier alpha value is -1.61. The minimum Gasteiger partial charge on any atom is -0.351 e. The lowest BCUT2D eigenvalue weighted by Gasteiger charge is -2.29. The maximum absolute atomic E-state index is 4.89. The predicted molar refractivity (Wildman–Crippen MR) is 81.4 cm³/mol. The Morgan fingerprint density at radius 2 is 1.74 bits per heavy atom. The van der Waals surface area contributed by atoms with Gasteiger partial charge in [-0.25, -0.2) is 0 Å². The van der Waals surface area contributed by atoms with Crippen molar-refractivity contribution >= 4 is 22.1 Å². The number of nitrogens with zero attached hydrogens (tertiary/aromatic N) is 2. The summed E-state index contributed by atoms with van der Waals surface area (Å²) in [6.45, 7) is 0.942. The van der Waals surface area contributed by atoms with Crippen LogP contribution < -0.4 is 10.6 Å². The van der Waals surface area contributed by atoms with Gasteiger partial charge in [-0.05, 0) is 11.6 Å². The monoisotopic (exact) mass is 314 g/mol. The maximum Gasteiger partial charge on any atom is 0.147 e. The zero-order valence-corrected chi connectivity index (χ0v) is 12.1. The lowest BCUT2D eigenvalue weighted by molar-refractivity contribution is 0.324. The molecule has 0 saturated carbocycles. The molecule has 0 bridgehead atoms. The van der Waals surface area contributed by atoms with Gasteiger partial charge in [-0.3, -0.25) is 4.99 Å². The fourth-order valence-corrected chi connectivity index (χ4v) is 2.75. The minimum atomic E-state index is 0.0775. The van der Waals surface area contributed by atoms with E-state index in [9.17, 15) is 0 Å². The Morgan fingerprint density at radius 3 is 2.53 bits per heavy atom. The van der Waals surface area contributed by atoms with Gasteiger partial charge >= 0.3 is 0 Å². The van der Waals surface area contributed by atoms with Gasteiger partial charge in [0.25, 0.3) is 0 Å². The predicted octanol–water partition coefficient (Wildman–Crippen LogP) is 2.45. The number of alkyl halides is 1. The molecular weight excluding hydrogens is 300 g/mol. The van der Waals surface area contributed by atoms with Crippen LogP contribution in [0.1, 0.15) is 11.7 Å². The van der Waals surface area contributed by atoms with Crippen LogP contribution in [0.5, 0.6) is 0 Å². The average molecular weight is 315 g/mol. The molecule has 1 unspecified atom stereocenters. The second kappa shape index (κ2) is 5.57. The van der Waals surface area contributed by atoms with Gasteiger partial charge in [0.15, 0.2) is 0 Å². The maximum atomic E-state index is 4.89. The summed E-state index contributed by atoms with van der Waals surface area (Å²) >= 11 is 3.52. The van der Waals surface area contributed by atoms with E-state index in [-0.39, 0.29) is 6.17 Å². The normalized spacial score (nSPS) is 17.3. The van der Waals surface area contributed by atoms with Gasteiger partial charge in [0, 0.05) is 23.3 Å². The van der Waals surface area contributed by atoms with Crippen molar-refractivity contribution in [3.8, 4) is 0 Å². The van der Waals surface area contributed by atoms with Crippen LogP contribution in [0.15, 0.2) is 59.6 Å². The molecule has 96 valence electrons. The molecule has 0 amide bonds. The summed E-state index contributed by atoms with van der Waals surface area (Å²) in [6, 6.07) is 18.7.